The molecule has 2 rings (SSSR count). The van der Waals surface area contributed by atoms with Gasteiger partial charge < -0.3 is 15.1 Å². The Morgan fingerprint density at radius 1 is 1.32 bits per heavy atom. The highest BCUT2D eigenvalue weighted by Crippen LogP contribution is 2.22. The molecule has 0 spiro atoms. The molecule has 132 valence electrons. The SMILES string of the molecule is CN=C(NCc1ncc(C(C)(C)C)o1)NCc1ccc(C#N)cc1F. The fourth-order valence-corrected chi connectivity index (χ4v) is 2.06. The van der Waals surface area contributed by atoms with Gasteiger partial charge in [0.05, 0.1) is 24.4 Å². The monoisotopic (exact) mass is 343 g/mol. The van der Waals surface area contributed by atoms with Crippen molar-refractivity contribution < 1.29 is 8.81 Å². The average molecular weight is 343 g/mol. The van der Waals surface area contributed by atoms with Gasteiger partial charge in [0, 0.05) is 24.6 Å². The number of nitrogens with zero attached hydrogens (tertiary/aromatic N) is 3. The Morgan fingerprint density at radius 2 is 2.04 bits per heavy atom. The molecule has 0 amide bonds. The largest absolute Gasteiger partial charge is 0.443 e. The summed E-state index contributed by atoms with van der Waals surface area (Å²) < 4.78 is 19.6. The first kappa shape index (κ1) is 18.5. The summed E-state index contributed by atoms with van der Waals surface area (Å²) in [6.07, 6.45) is 1.72. The van der Waals surface area contributed by atoms with Crippen LogP contribution in [0.25, 0.3) is 0 Å². The summed E-state index contributed by atoms with van der Waals surface area (Å²) in [5.41, 5.74) is 0.647. The molecule has 0 fully saturated rings. The Hall–Kier alpha value is -2.88. The van der Waals surface area contributed by atoms with Gasteiger partial charge in [0.2, 0.25) is 5.89 Å². The van der Waals surface area contributed by atoms with Crippen LogP contribution in [-0.4, -0.2) is 18.0 Å². The zero-order valence-electron chi connectivity index (χ0n) is 14.9. The molecule has 25 heavy (non-hydrogen) atoms. The predicted octanol–water partition coefficient (Wildman–Crippen LogP) is 2.85. The summed E-state index contributed by atoms with van der Waals surface area (Å²) in [4.78, 5) is 8.33. The number of aliphatic imine (C=N–C) groups is 1. The van der Waals surface area contributed by atoms with Gasteiger partial charge in [-0.25, -0.2) is 9.37 Å². The molecule has 0 saturated carbocycles. The van der Waals surface area contributed by atoms with E-state index in [2.05, 4.69) is 41.4 Å². The molecule has 1 aromatic carbocycles. The Morgan fingerprint density at radius 3 is 2.60 bits per heavy atom. The highest BCUT2D eigenvalue weighted by molar-refractivity contribution is 5.79. The van der Waals surface area contributed by atoms with Gasteiger partial charge in [-0.15, -0.1) is 0 Å². The van der Waals surface area contributed by atoms with E-state index in [1.807, 2.05) is 6.07 Å². The average Bonchev–Trinajstić information content (AvgIpc) is 3.05. The third kappa shape index (κ3) is 5.05. The summed E-state index contributed by atoms with van der Waals surface area (Å²) in [6, 6.07) is 6.29. The van der Waals surface area contributed by atoms with E-state index in [9.17, 15) is 4.39 Å². The summed E-state index contributed by atoms with van der Waals surface area (Å²) in [6.45, 7) is 6.77. The zero-order chi connectivity index (χ0) is 18.4. The van der Waals surface area contributed by atoms with Gasteiger partial charge in [-0.1, -0.05) is 26.8 Å². The summed E-state index contributed by atoms with van der Waals surface area (Å²) in [5, 5.41) is 14.9. The van der Waals surface area contributed by atoms with Crippen LogP contribution < -0.4 is 10.6 Å². The molecule has 2 aromatic rings. The van der Waals surface area contributed by atoms with Crippen molar-refractivity contribution in [3.05, 3.63) is 53.0 Å². The van der Waals surface area contributed by atoms with Crippen molar-refractivity contribution in [1.29, 1.82) is 5.26 Å². The van der Waals surface area contributed by atoms with Crippen molar-refractivity contribution in [2.75, 3.05) is 7.05 Å². The van der Waals surface area contributed by atoms with Gasteiger partial charge in [0.15, 0.2) is 5.96 Å². The smallest absolute Gasteiger partial charge is 0.213 e. The minimum absolute atomic E-state index is 0.0989. The molecular weight excluding hydrogens is 321 g/mol. The molecule has 6 nitrogen and oxygen atoms in total. The van der Waals surface area contributed by atoms with Gasteiger partial charge in [0.1, 0.15) is 11.6 Å². The van der Waals surface area contributed by atoms with Crippen molar-refractivity contribution in [3.8, 4) is 6.07 Å². The number of nitriles is 1. The molecule has 0 bridgehead atoms. The van der Waals surface area contributed by atoms with Crippen LogP contribution in [0.3, 0.4) is 0 Å². The molecule has 0 aliphatic rings. The topological polar surface area (TPSA) is 86.2 Å². The van der Waals surface area contributed by atoms with Crippen LogP contribution in [0.2, 0.25) is 0 Å². The molecule has 7 heteroatoms. The number of benzene rings is 1. The number of oxazole rings is 1. The summed E-state index contributed by atoms with van der Waals surface area (Å²) >= 11 is 0. The third-order valence-electron chi connectivity index (χ3n) is 3.55. The molecular formula is C18H22FN5O. The first-order chi connectivity index (χ1) is 11.8. The summed E-state index contributed by atoms with van der Waals surface area (Å²) in [5.74, 6) is 1.44. The fraction of sp³-hybridized carbons (Fsp3) is 0.389. The molecule has 0 atom stereocenters. The normalized spacial score (nSPS) is 11.9. The van der Waals surface area contributed by atoms with Crippen LogP contribution >= 0.6 is 0 Å². The van der Waals surface area contributed by atoms with Crippen LogP contribution in [-0.2, 0) is 18.5 Å². The minimum Gasteiger partial charge on any atom is -0.443 e. The highest BCUT2D eigenvalue weighted by Gasteiger charge is 2.19. The maximum Gasteiger partial charge on any atom is 0.213 e. The predicted molar refractivity (Wildman–Crippen MR) is 93.4 cm³/mol. The maximum atomic E-state index is 13.9. The van der Waals surface area contributed by atoms with Crippen molar-refractivity contribution >= 4 is 5.96 Å². The Labute approximate surface area is 146 Å². The minimum atomic E-state index is -0.426. The second-order valence-corrected chi connectivity index (χ2v) is 6.57. The molecule has 1 heterocycles. The van der Waals surface area contributed by atoms with Crippen molar-refractivity contribution in [3.63, 3.8) is 0 Å². The number of nitrogens with one attached hydrogen (secondary N) is 2. The lowest BCUT2D eigenvalue weighted by molar-refractivity contribution is 0.379. The Bertz CT molecular complexity index is 799. The van der Waals surface area contributed by atoms with Gasteiger partial charge >= 0.3 is 0 Å². The van der Waals surface area contributed by atoms with E-state index in [-0.39, 0.29) is 12.0 Å². The number of hydrogen-bond donors (Lipinski definition) is 2. The summed E-state index contributed by atoms with van der Waals surface area (Å²) in [7, 11) is 1.63. The van der Waals surface area contributed by atoms with E-state index < -0.39 is 5.82 Å². The standard InChI is InChI=1S/C18H22FN5O/c1-18(2,3)15-10-22-16(25-15)11-24-17(21-4)23-9-13-6-5-12(8-20)7-14(13)19/h5-7,10H,9,11H2,1-4H3,(H2,21,23,24). The fourth-order valence-electron chi connectivity index (χ4n) is 2.06. The van der Waals surface area contributed by atoms with Crippen LogP contribution in [0.5, 0.6) is 0 Å². The number of rotatable bonds is 4. The Balaban J connectivity index is 1.91. The third-order valence-corrected chi connectivity index (χ3v) is 3.55. The number of aromatic nitrogens is 1. The first-order valence-electron chi connectivity index (χ1n) is 7.91. The van der Waals surface area contributed by atoms with Gasteiger partial charge in [-0.3, -0.25) is 4.99 Å². The van der Waals surface area contributed by atoms with E-state index in [0.717, 1.165) is 5.76 Å². The molecule has 0 aliphatic heterocycles. The van der Waals surface area contributed by atoms with Crippen molar-refractivity contribution in [2.45, 2.75) is 39.3 Å². The maximum absolute atomic E-state index is 13.9. The second kappa shape index (κ2) is 7.79. The molecule has 0 radical (unpaired) electrons. The number of guanidine groups is 1. The van der Waals surface area contributed by atoms with Crippen LogP contribution in [0.4, 0.5) is 4.39 Å². The van der Waals surface area contributed by atoms with Crippen LogP contribution in [0, 0.1) is 17.1 Å². The van der Waals surface area contributed by atoms with Gasteiger partial charge in [0.25, 0.3) is 0 Å². The van der Waals surface area contributed by atoms with Crippen molar-refractivity contribution in [1.82, 2.24) is 15.6 Å². The quantitative estimate of drug-likeness (QED) is 0.658. The van der Waals surface area contributed by atoms with E-state index in [1.54, 1.807) is 25.4 Å². The van der Waals surface area contributed by atoms with Gasteiger partial charge in [-0.2, -0.15) is 5.26 Å². The zero-order valence-corrected chi connectivity index (χ0v) is 14.9. The van der Waals surface area contributed by atoms with E-state index in [0.29, 0.717) is 29.5 Å². The Kier molecular flexibility index (Phi) is 5.75. The van der Waals surface area contributed by atoms with E-state index in [1.165, 1.54) is 6.07 Å². The highest BCUT2D eigenvalue weighted by atomic mass is 19.1. The lowest BCUT2D eigenvalue weighted by atomic mass is 9.94. The molecule has 0 aliphatic carbocycles. The van der Waals surface area contributed by atoms with Gasteiger partial charge in [-0.05, 0) is 12.1 Å². The van der Waals surface area contributed by atoms with E-state index >= 15 is 0 Å². The molecule has 0 saturated heterocycles. The van der Waals surface area contributed by atoms with Crippen LogP contribution in [0.1, 0.15) is 43.5 Å². The molecule has 1 aromatic heterocycles. The lowest BCUT2D eigenvalue weighted by Gasteiger charge is -2.13. The van der Waals surface area contributed by atoms with Crippen LogP contribution in [0.15, 0.2) is 33.8 Å². The number of hydrogen-bond acceptors (Lipinski definition) is 4. The second-order valence-electron chi connectivity index (χ2n) is 6.57. The van der Waals surface area contributed by atoms with E-state index in [4.69, 9.17) is 9.68 Å². The molecule has 2 N–H and O–H groups in total. The lowest BCUT2D eigenvalue weighted by Crippen LogP contribution is -2.36. The number of halogens is 1. The molecule has 0 unspecified atom stereocenters. The van der Waals surface area contributed by atoms with Crippen molar-refractivity contribution in [2.24, 2.45) is 4.99 Å². The first-order valence-corrected chi connectivity index (χ1v) is 7.91.